The third-order valence-corrected chi connectivity index (χ3v) is 7.22. The second kappa shape index (κ2) is 9.87. The van der Waals surface area contributed by atoms with Crippen LogP contribution in [0.3, 0.4) is 0 Å². The summed E-state index contributed by atoms with van der Waals surface area (Å²) in [5.74, 6) is 0.243. The average molecular weight is 453 g/mol. The van der Waals surface area contributed by atoms with Crippen molar-refractivity contribution in [1.29, 1.82) is 0 Å². The van der Waals surface area contributed by atoms with Crippen LogP contribution in [0.5, 0.6) is 5.75 Å². The van der Waals surface area contributed by atoms with Crippen LogP contribution in [0, 0.1) is 13.8 Å². The topological polar surface area (TPSA) is 75.7 Å². The molecule has 0 heterocycles. The van der Waals surface area contributed by atoms with Crippen LogP contribution in [-0.4, -0.2) is 28.0 Å². The molecule has 0 aliphatic rings. The molecule has 0 fully saturated rings. The van der Waals surface area contributed by atoms with E-state index >= 15 is 0 Å². The summed E-state index contributed by atoms with van der Waals surface area (Å²) in [6, 6.07) is 20.6. The van der Waals surface area contributed by atoms with Crippen molar-refractivity contribution < 1.29 is 17.9 Å². The monoisotopic (exact) mass is 452 g/mol. The second-order valence-electron chi connectivity index (χ2n) is 7.57. The molecule has 1 N–H and O–H groups in total. The Kier molecular flexibility index (Phi) is 7.20. The highest BCUT2D eigenvalue weighted by molar-refractivity contribution is 7.92. The van der Waals surface area contributed by atoms with Gasteiger partial charge in [-0.1, -0.05) is 48.5 Å². The number of methoxy groups -OCH3 is 1. The van der Waals surface area contributed by atoms with Gasteiger partial charge in [0, 0.05) is 5.56 Å². The van der Waals surface area contributed by atoms with E-state index in [9.17, 15) is 13.2 Å². The molecule has 32 heavy (non-hydrogen) atoms. The van der Waals surface area contributed by atoms with E-state index in [1.165, 1.54) is 16.4 Å². The van der Waals surface area contributed by atoms with Gasteiger partial charge in [0.1, 0.15) is 12.3 Å². The van der Waals surface area contributed by atoms with Gasteiger partial charge in [-0.2, -0.15) is 0 Å². The van der Waals surface area contributed by atoms with E-state index in [0.717, 1.165) is 16.7 Å². The quantitative estimate of drug-likeness (QED) is 0.550. The number of carbonyl (C=O) groups excluding carboxylic acids is 1. The van der Waals surface area contributed by atoms with Crippen molar-refractivity contribution in [1.82, 2.24) is 5.32 Å². The number of benzene rings is 3. The zero-order chi connectivity index (χ0) is 23.3. The minimum Gasteiger partial charge on any atom is -0.496 e. The zero-order valence-electron chi connectivity index (χ0n) is 18.7. The smallest absolute Gasteiger partial charge is 0.264 e. The van der Waals surface area contributed by atoms with Gasteiger partial charge in [-0.05, 0) is 56.2 Å². The molecule has 0 bridgehead atoms. The number of hydrogen-bond acceptors (Lipinski definition) is 4. The summed E-state index contributed by atoms with van der Waals surface area (Å²) >= 11 is 0. The summed E-state index contributed by atoms with van der Waals surface area (Å²) in [5.41, 5.74) is 3.04. The van der Waals surface area contributed by atoms with Crippen molar-refractivity contribution in [3.63, 3.8) is 0 Å². The number of ether oxygens (including phenoxy) is 1. The molecule has 0 aromatic heterocycles. The van der Waals surface area contributed by atoms with Gasteiger partial charge >= 0.3 is 0 Å². The summed E-state index contributed by atoms with van der Waals surface area (Å²) in [7, 11) is -2.38. The van der Waals surface area contributed by atoms with Crippen molar-refractivity contribution >= 4 is 21.6 Å². The molecule has 0 aliphatic carbocycles. The molecule has 3 aromatic rings. The minimum absolute atomic E-state index is 0.131. The number of sulfonamides is 1. The molecule has 0 saturated heterocycles. The maximum atomic E-state index is 13.5. The van der Waals surface area contributed by atoms with Gasteiger partial charge in [-0.3, -0.25) is 9.10 Å². The lowest BCUT2D eigenvalue weighted by molar-refractivity contribution is -0.120. The van der Waals surface area contributed by atoms with Crippen LogP contribution in [0.1, 0.15) is 29.7 Å². The average Bonchev–Trinajstić information content (AvgIpc) is 2.80. The van der Waals surface area contributed by atoms with E-state index in [2.05, 4.69) is 5.32 Å². The highest BCUT2D eigenvalue weighted by Gasteiger charge is 2.29. The molecular weight excluding hydrogens is 424 g/mol. The van der Waals surface area contributed by atoms with Crippen molar-refractivity contribution in [2.24, 2.45) is 0 Å². The van der Waals surface area contributed by atoms with Gasteiger partial charge in [-0.15, -0.1) is 0 Å². The van der Waals surface area contributed by atoms with Crippen molar-refractivity contribution in [2.75, 3.05) is 18.0 Å². The summed E-state index contributed by atoms with van der Waals surface area (Å²) in [4.78, 5) is 13.2. The Morgan fingerprint density at radius 1 is 0.969 bits per heavy atom. The molecule has 3 rings (SSSR count). The third kappa shape index (κ3) is 4.94. The number of para-hydroxylation sites is 1. The molecule has 0 radical (unpaired) electrons. The van der Waals surface area contributed by atoms with Crippen LogP contribution in [0.2, 0.25) is 0 Å². The van der Waals surface area contributed by atoms with E-state index in [0.29, 0.717) is 11.4 Å². The molecule has 3 aromatic carbocycles. The number of nitrogens with one attached hydrogen (secondary N) is 1. The SMILES string of the molecule is COc1ccccc1[C@@H](C)NC(=O)CN(c1cccc(C)c1C)S(=O)(=O)c1ccccc1. The first kappa shape index (κ1) is 23.3. The Hall–Kier alpha value is -3.32. The van der Waals surface area contributed by atoms with E-state index in [-0.39, 0.29) is 17.5 Å². The predicted octanol–water partition coefficient (Wildman–Crippen LogP) is 4.38. The van der Waals surface area contributed by atoms with E-state index < -0.39 is 15.9 Å². The van der Waals surface area contributed by atoms with Crippen LogP contribution in [0.15, 0.2) is 77.7 Å². The Bertz CT molecular complexity index is 1190. The van der Waals surface area contributed by atoms with E-state index in [4.69, 9.17) is 4.74 Å². The first-order chi connectivity index (χ1) is 15.3. The molecule has 1 amide bonds. The van der Waals surface area contributed by atoms with Gasteiger partial charge in [0.05, 0.1) is 23.7 Å². The Morgan fingerprint density at radius 2 is 1.62 bits per heavy atom. The van der Waals surface area contributed by atoms with Gasteiger partial charge in [0.15, 0.2) is 0 Å². The molecule has 0 saturated carbocycles. The van der Waals surface area contributed by atoms with Crippen molar-refractivity contribution in [2.45, 2.75) is 31.7 Å². The Balaban J connectivity index is 1.94. The first-order valence-corrected chi connectivity index (χ1v) is 11.8. The zero-order valence-corrected chi connectivity index (χ0v) is 19.5. The number of amides is 1. The Labute approximate surface area is 189 Å². The molecule has 7 heteroatoms. The largest absolute Gasteiger partial charge is 0.496 e. The summed E-state index contributed by atoms with van der Waals surface area (Å²) in [6.07, 6.45) is 0. The van der Waals surface area contributed by atoms with Crippen molar-refractivity contribution in [3.8, 4) is 5.75 Å². The lowest BCUT2D eigenvalue weighted by atomic mass is 10.1. The molecule has 0 unspecified atom stereocenters. The fourth-order valence-electron chi connectivity index (χ4n) is 3.54. The standard InChI is InChI=1S/C25H28N2O4S/c1-18-11-10-15-23(19(18)2)27(32(29,30)21-12-6-5-7-13-21)17-25(28)26-20(3)22-14-8-9-16-24(22)31-4/h5-16,20H,17H2,1-4H3,(H,26,28)/t20-/m1/s1. The fraction of sp³-hybridized carbons (Fsp3) is 0.240. The van der Waals surface area contributed by atoms with Crippen molar-refractivity contribution in [3.05, 3.63) is 89.5 Å². The van der Waals surface area contributed by atoms with E-state index in [1.807, 2.05) is 51.1 Å². The second-order valence-corrected chi connectivity index (χ2v) is 9.44. The normalized spacial score (nSPS) is 12.1. The third-order valence-electron chi connectivity index (χ3n) is 5.45. The van der Waals surface area contributed by atoms with Crippen LogP contribution in [0.4, 0.5) is 5.69 Å². The van der Waals surface area contributed by atoms with Crippen LogP contribution < -0.4 is 14.4 Å². The van der Waals surface area contributed by atoms with Gasteiger partial charge in [0.2, 0.25) is 5.91 Å². The van der Waals surface area contributed by atoms with Crippen LogP contribution in [-0.2, 0) is 14.8 Å². The lowest BCUT2D eigenvalue weighted by Gasteiger charge is -2.27. The van der Waals surface area contributed by atoms with Crippen LogP contribution >= 0.6 is 0 Å². The molecule has 168 valence electrons. The number of hydrogen-bond donors (Lipinski definition) is 1. The summed E-state index contributed by atoms with van der Waals surface area (Å²) in [6.45, 7) is 5.26. The molecule has 0 aliphatic heterocycles. The predicted molar refractivity (Wildman–Crippen MR) is 126 cm³/mol. The highest BCUT2D eigenvalue weighted by atomic mass is 32.2. The van der Waals surface area contributed by atoms with Gasteiger partial charge < -0.3 is 10.1 Å². The van der Waals surface area contributed by atoms with Crippen LogP contribution in [0.25, 0.3) is 0 Å². The lowest BCUT2D eigenvalue weighted by Crippen LogP contribution is -2.42. The number of rotatable bonds is 8. The van der Waals surface area contributed by atoms with Gasteiger partial charge in [0.25, 0.3) is 10.0 Å². The molecule has 0 spiro atoms. The number of aryl methyl sites for hydroxylation is 1. The highest BCUT2D eigenvalue weighted by Crippen LogP contribution is 2.29. The van der Waals surface area contributed by atoms with E-state index in [1.54, 1.807) is 37.4 Å². The minimum atomic E-state index is -3.95. The maximum absolute atomic E-state index is 13.5. The Morgan fingerprint density at radius 3 is 2.31 bits per heavy atom. The molecule has 6 nitrogen and oxygen atoms in total. The first-order valence-electron chi connectivity index (χ1n) is 10.3. The number of nitrogens with zero attached hydrogens (tertiary/aromatic N) is 1. The number of anilines is 1. The summed E-state index contributed by atoms with van der Waals surface area (Å²) < 4.78 is 33.6. The molecule has 1 atom stereocenters. The number of carbonyl (C=O) groups is 1. The molecular formula is C25H28N2O4S. The van der Waals surface area contributed by atoms with Gasteiger partial charge in [-0.25, -0.2) is 8.42 Å². The fourth-order valence-corrected chi connectivity index (χ4v) is 5.04. The maximum Gasteiger partial charge on any atom is 0.264 e. The summed E-state index contributed by atoms with van der Waals surface area (Å²) in [5, 5.41) is 2.90.